The Balaban J connectivity index is -0.000000105. The van der Waals surface area contributed by atoms with Crippen LogP contribution in [0.25, 0.3) is 0 Å². The molecule has 0 aromatic rings. The molecular weight excluding hydrogens is 464 g/mol. The predicted octanol–water partition coefficient (Wildman–Crippen LogP) is 2.04. The minimum atomic E-state index is -0.846. The fourth-order valence-electron chi connectivity index (χ4n) is 1.57. The molecule has 0 fully saturated rings. The molecule has 0 amide bonds. The molecule has 0 aliphatic rings. The maximum atomic E-state index is 10.2. The van der Waals surface area contributed by atoms with E-state index in [1.165, 1.54) is 27.7 Å². The smallest absolute Gasteiger partial charge is 0.831 e. The standard InChI is InChI=1S/4C6H13O2.Ti/c4*1-3-4-5-8-6(2)7;/h4*6H,3-5H2,1-2H3;/q4*-1;+4. The van der Waals surface area contributed by atoms with Gasteiger partial charge in [0, 0.05) is 26.4 Å². The molecule has 0 rings (SSSR count). The summed E-state index contributed by atoms with van der Waals surface area (Å²) in [5, 5.41) is 40.7. The normalized spacial score (nSPS) is 13.5. The van der Waals surface area contributed by atoms with Crippen LogP contribution < -0.4 is 20.4 Å². The van der Waals surface area contributed by atoms with Gasteiger partial charge in [-0.05, 0) is 50.8 Å². The van der Waals surface area contributed by atoms with Crippen LogP contribution in [0.2, 0.25) is 0 Å². The van der Waals surface area contributed by atoms with Crippen LogP contribution in [-0.4, -0.2) is 51.6 Å². The molecule has 0 spiro atoms. The Morgan fingerprint density at radius 3 is 0.667 bits per heavy atom. The Morgan fingerprint density at radius 1 is 0.424 bits per heavy atom. The zero-order valence-corrected chi connectivity index (χ0v) is 24.1. The van der Waals surface area contributed by atoms with Crippen molar-refractivity contribution in [2.75, 3.05) is 26.4 Å². The minimum absolute atomic E-state index is 0. The van der Waals surface area contributed by atoms with Crippen LogP contribution in [0.1, 0.15) is 107 Å². The van der Waals surface area contributed by atoms with Gasteiger partial charge in [-0.15, -0.1) is 0 Å². The molecule has 8 nitrogen and oxygen atoms in total. The number of ether oxygens (including phenoxy) is 4. The summed E-state index contributed by atoms with van der Waals surface area (Å²) >= 11 is 0. The van der Waals surface area contributed by atoms with E-state index in [4.69, 9.17) is 18.9 Å². The second-order valence-electron chi connectivity index (χ2n) is 7.17. The summed E-state index contributed by atoms with van der Waals surface area (Å²) in [7, 11) is 0. The van der Waals surface area contributed by atoms with Crippen molar-refractivity contribution in [3.63, 3.8) is 0 Å². The van der Waals surface area contributed by atoms with Crippen molar-refractivity contribution in [2.24, 2.45) is 0 Å². The van der Waals surface area contributed by atoms with Crippen LogP contribution in [-0.2, 0) is 40.7 Å². The first-order valence-electron chi connectivity index (χ1n) is 12.2. The second kappa shape index (κ2) is 39.6. The average Bonchev–Trinajstić information content (AvgIpc) is 2.69. The van der Waals surface area contributed by atoms with Gasteiger partial charge in [-0.2, -0.15) is 0 Å². The van der Waals surface area contributed by atoms with Crippen molar-refractivity contribution in [1.29, 1.82) is 0 Å². The van der Waals surface area contributed by atoms with E-state index in [0.717, 1.165) is 51.4 Å². The molecular formula is C24H52O8Ti. The monoisotopic (exact) mass is 516 g/mol. The van der Waals surface area contributed by atoms with E-state index in [-0.39, 0.29) is 21.7 Å². The summed E-state index contributed by atoms with van der Waals surface area (Å²) in [4.78, 5) is 0. The fourth-order valence-corrected chi connectivity index (χ4v) is 1.57. The van der Waals surface area contributed by atoms with Gasteiger partial charge in [0.05, 0.1) is 0 Å². The maximum Gasteiger partial charge on any atom is 4.00 e. The summed E-state index contributed by atoms with van der Waals surface area (Å²) in [5.41, 5.74) is 0. The molecule has 9 heteroatoms. The van der Waals surface area contributed by atoms with E-state index in [0.29, 0.717) is 26.4 Å². The number of hydrogen-bond donors (Lipinski definition) is 0. The van der Waals surface area contributed by atoms with Crippen molar-refractivity contribution < 1.29 is 61.1 Å². The van der Waals surface area contributed by atoms with Gasteiger partial charge in [-0.1, -0.05) is 81.1 Å². The third kappa shape index (κ3) is 72.0. The van der Waals surface area contributed by atoms with E-state index < -0.39 is 25.2 Å². The van der Waals surface area contributed by atoms with Crippen molar-refractivity contribution in [2.45, 2.75) is 132 Å². The zero-order chi connectivity index (χ0) is 25.6. The second-order valence-corrected chi connectivity index (χ2v) is 7.17. The Kier molecular flexibility index (Phi) is 52.2. The quantitative estimate of drug-likeness (QED) is 0.173. The van der Waals surface area contributed by atoms with E-state index in [9.17, 15) is 20.4 Å². The van der Waals surface area contributed by atoms with E-state index >= 15 is 0 Å². The molecule has 0 saturated carbocycles. The molecule has 0 N–H and O–H groups in total. The molecule has 0 aromatic heterocycles. The van der Waals surface area contributed by atoms with E-state index in [1.54, 1.807) is 0 Å². The minimum Gasteiger partial charge on any atom is -0.831 e. The first-order valence-corrected chi connectivity index (χ1v) is 12.2. The molecule has 0 heterocycles. The van der Waals surface area contributed by atoms with Gasteiger partial charge in [0.15, 0.2) is 0 Å². The average molecular weight is 517 g/mol. The van der Waals surface area contributed by atoms with Crippen LogP contribution in [0.4, 0.5) is 0 Å². The summed E-state index contributed by atoms with van der Waals surface area (Å²) in [6, 6.07) is 0. The molecule has 0 saturated heterocycles. The predicted molar refractivity (Wildman–Crippen MR) is 121 cm³/mol. The first kappa shape index (κ1) is 43.5. The van der Waals surface area contributed by atoms with Crippen molar-refractivity contribution in [1.82, 2.24) is 0 Å². The molecule has 0 radical (unpaired) electrons. The van der Waals surface area contributed by atoms with Crippen LogP contribution in [0, 0.1) is 0 Å². The number of rotatable bonds is 16. The summed E-state index contributed by atoms with van der Waals surface area (Å²) in [6.45, 7) is 16.8. The van der Waals surface area contributed by atoms with Gasteiger partial charge in [0.25, 0.3) is 0 Å². The third-order valence-corrected chi connectivity index (χ3v) is 3.40. The number of unbranched alkanes of at least 4 members (excludes halogenated alkanes) is 4. The van der Waals surface area contributed by atoms with Gasteiger partial charge in [-0.25, -0.2) is 0 Å². The summed E-state index contributed by atoms with van der Waals surface area (Å²) in [5.74, 6) is 0. The summed E-state index contributed by atoms with van der Waals surface area (Å²) in [6.07, 6.45) is 4.95. The molecule has 0 aromatic carbocycles. The van der Waals surface area contributed by atoms with Gasteiger partial charge in [0.2, 0.25) is 0 Å². The maximum absolute atomic E-state index is 10.2. The third-order valence-electron chi connectivity index (χ3n) is 3.40. The largest absolute Gasteiger partial charge is 4.00 e. The summed E-state index contributed by atoms with van der Waals surface area (Å²) < 4.78 is 18.9. The van der Waals surface area contributed by atoms with Gasteiger partial charge >= 0.3 is 21.7 Å². The Morgan fingerprint density at radius 2 is 0.576 bits per heavy atom. The molecule has 4 unspecified atom stereocenters. The van der Waals surface area contributed by atoms with Crippen molar-refractivity contribution in [3.8, 4) is 0 Å². The van der Waals surface area contributed by atoms with Gasteiger partial charge in [0.1, 0.15) is 0 Å². The van der Waals surface area contributed by atoms with Gasteiger partial charge in [-0.3, -0.25) is 0 Å². The van der Waals surface area contributed by atoms with Gasteiger partial charge < -0.3 is 39.4 Å². The van der Waals surface area contributed by atoms with Crippen LogP contribution >= 0.6 is 0 Å². The number of hydrogen-bond acceptors (Lipinski definition) is 8. The molecule has 33 heavy (non-hydrogen) atoms. The van der Waals surface area contributed by atoms with Crippen LogP contribution in [0.15, 0.2) is 0 Å². The van der Waals surface area contributed by atoms with E-state index in [2.05, 4.69) is 27.7 Å². The van der Waals surface area contributed by atoms with E-state index in [1.807, 2.05) is 0 Å². The van der Waals surface area contributed by atoms with Crippen LogP contribution in [0.3, 0.4) is 0 Å². The fraction of sp³-hybridized carbons (Fsp3) is 1.00. The van der Waals surface area contributed by atoms with Crippen LogP contribution in [0.5, 0.6) is 0 Å². The molecule has 0 bridgehead atoms. The molecule has 0 aliphatic heterocycles. The van der Waals surface area contributed by atoms with Crippen molar-refractivity contribution >= 4 is 0 Å². The molecule has 4 atom stereocenters. The molecule has 200 valence electrons. The SMILES string of the molecule is CCCCOC(C)[O-].CCCCOC(C)[O-].CCCCOC(C)[O-].CCCCOC(C)[O-].[Ti+4]. The van der Waals surface area contributed by atoms with Crippen molar-refractivity contribution in [3.05, 3.63) is 0 Å². The Hall–Kier alpha value is 0.394. The Labute approximate surface area is 219 Å². The Bertz CT molecular complexity index is 238. The zero-order valence-electron chi connectivity index (χ0n) is 22.6. The topological polar surface area (TPSA) is 129 Å². The molecule has 0 aliphatic carbocycles. The first-order chi connectivity index (χ1) is 15.1.